The Kier molecular flexibility index (Phi) is 7.26. The van der Waals surface area contributed by atoms with Crippen LogP contribution in [0, 0.1) is 0 Å². The van der Waals surface area contributed by atoms with E-state index in [1.165, 1.54) is 16.7 Å². The molecule has 1 atom stereocenters. The Morgan fingerprint density at radius 2 is 2.02 bits per heavy atom. The molecule has 1 aromatic heterocycles. The number of likely N-dealkylation sites (tertiary alicyclic amines) is 1. The van der Waals surface area contributed by atoms with E-state index in [1.807, 2.05) is 16.9 Å². The van der Waals surface area contributed by atoms with E-state index in [-0.39, 0.29) is 23.7 Å². The lowest BCUT2D eigenvalue weighted by molar-refractivity contribution is -0.125. The van der Waals surface area contributed by atoms with Gasteiger partial charge in [0.2, 0.25) is 5.91 Å². The number of carbonyl (C=O) groups is 3. The van der Waals surface area contributed by atoms with E-state index in [2.05, 4.69) is 51.8 Å². The molecule has 4 aliphatic heterocycles. The summed E-state index contributed by atoms with van der Waals surface area (Å²) in [4.78, 5) is 41.1. The first-order valence-electron chi connectivity index (χ1n) is 15.2. The molecule has 1 spiro atoms. The average Bonchev–Trinajstić information content (AvgIpc) is 3.71. The van der Waals surface area contributed by atoms with Crippen LogP contribution in [0.3, 0.4) is 0 Å². The highest BCUT2D eigenvalue weighted by Gasteiger charge is 2.47. The molecule has 43 heavy (non-hydrogen) atoms. The minimum atomic E-state index is -0.684. The summed E-state index contributed by atoms with van der Waals surface area (Å²) in [5.74, 6) is 0.381. The number of ether oxygens (including phenoxy) is 2. The van der Waals surface area contributed by atoms with Crippen molar-refractivity contribution in [3.63, 3.8) is 0 Å². The van der Waals surface area contributed by atoms with Crippen molar-refractivity contribution in [2.75, 3.05) is 40.0 Å². The lowest BCUT2D eigenvalue weighted by Crippen LogP contribution is -2.46. The lowest BCUT2D eigenvalue weighted by Gasteiger charge is -2.38. The number of aromatic nitrogens is 2. The van der Waals surface area contributed by atoms with Crippen molar-refractivity contribution in [3.05, 3.63) is 71.0 Å². The second-order valence-electron chi connectivity index (χ2n) is 12.2. The molecule has 10 nitrogen and oxygen atoms in total. The maximum atomic E-state index is 13.4. The molecule has 7 rings (SSSR count). The Morgan fingerprint density at radius 1 is 1.19 bits per heavy atom. The van der Waals surface area contributed by atoms with Gasteiger partial charge in [0, 0.05) is 53.9 Å². The normalized spacial score (nSPS) is 19.9. The largest absolute Gasteiger partial charge is 0.492 e. The Morgan fingerprint density at radius 3 is 2.77 bits per heavy atom. The predicted molar refractivity (Wildman–Crippen MR) is 159 cm³/mol. The van der Waals surface area contributed by atoms with Crippen molar-refractivity contribution < 1.29 is 23.9 Å². The fourth-order valence-corrected chi connectivity index (χ4v) is 7.05. The number of carbonyl (C=O) groups excluding carboxylic acids is 3. The average molecular weight is 584 g/mol. The molecule has 2 fully saturated rings. The SMILES string of the molecule is CNC(=O)C(CCC=O)N1Cc2c(ccc3c2OCC32CCN(Cc3cccc(-c4cnn(C5COC5)c4)c3)CC2)C1=O. The molecule has 0 radical (unpaired) electrons. The van der Waals surface area contributed by atoms with Crippen molar-refractivity contribution >= 4 is 18.1 Å². The number of rotatable bonds is 9. The van der Waals surface area contributed by atoms with E-state index in [0.29, 0.717) is 31.2 Å². The highest BCUT2D eigenvalue weighted by molar-refractivity contribution is 6.02. The summed E-state index contributed by atoms with van der Waals surface area (Å²) in [6, 6.07) is 12.4. The molecule has 1 unspecified atom stereocenters. The van der Waals surface area contributed by atoms with Crippen molar-refractivity contribution in [2.24, 2.45) is 0 Å². The van der Waals surface area contributed by atoms with Gasteiger partial charge in [-0.3, -0.25) is 19.2 Å². The van der Waals surface area contributed by atoms with E-state index in [0.717, 1.165) is 68.9 Å². The Labute approximate surface area is 250 Å². The van der Waals surface area contributed by atoms with Gasteiger partial charge in [-0.1, -0.05) is 24.3 Å². The maximum absolute atomic E-state index is 13.4. The van der Waals surface area contributed by atoms with Crippen LogP contribution in [-0.2, 0) is 32.8 Å². The number of hydrogen-bond acceptors (Lipinski definition) is 7. The Hall–Kier alpha value is -4.02. The number of benzene rings is 2. The molecular weight excluding hydrogens is 546 g/mol. The first-order valence-corrected chi connectivity index (χ1v) is 15.2. The molecule has 4 aliphatic rings. The second-order valence-corrected chi connectivity index (χ2v) is 12.2. The molecule has 0 aliphatic carbocycles. The van der Waals surface area contributed by atoms with Crippen LogP contribution in [-0.4, -0.2) is 83.7 Å². The molecule has 5 heterocycles. The zero-order valence-electron chi connectivity index (χ0n) is 24.5. The maximum Gasteiger partial charge on any atom is 0.255 e. The van der Waals surface area contributed by atoms with E-state index in [9.17, 15) is 14.4 Å². The zero-order chi connectivity index (χ0) is 29.6. The summed E-state index contributed by atoms with van der Waals surface area (Å²) in [7, 11) is 1.55. The molecule has 10 heteroatoms. The Balaban J connectivity index is 1.03. The number of aldehydes is 1. The smallest absolute Gasteiger partial charge is 0.255 e. The lowest BCUT2D eigenvalue weighted by atomic mass is 9.74. The second kappa shape index (κ2) is 11.2. The third-order valence-corrected chi connectivity index (χ3v) is 9.70. The van der Waals surface area contributed by atoms with Crippen LogP contribution in [0.25, 0.3) is 11.1 Å². The third kappa shape index (κ3) is 4.92. The fourth-order valence-electron chi connectivity index (χ4n) is 7.05. The monoisotopic (exact) mass is 583 g/mol. The molecule has 2 aromatic carbocycles. The number of nitrogens with one attached hydrogen (secondary N) is 1. The van der Waals surface area contributed by atoms with E-state index < -0.39 is 6.04 Å². The number of amides is 2. The predicted octanol–water partition coefficient (Wildman–Crippen LogP) is 3.10. The summed E-state index contributed by atoms with van der Waals surface area (Å²) in [6.07, 6.45) is 7.32. The number of fused-ring (bicyclic) bond motifs is 4. The van der Waals surface area contributed by atoms with Gasteiger partial charge in [-0.15, -0.1) is 0 Å². The third-order valence-electron chi connectivity index (χ3n) is 9.70. The minimum absolute atomic E-state index is 0.0727. The first kappa shape index (κ1) is 27.8. The van der Waals surface area contributed by atoms with E-state index in [1.54, 1.807) is 11.9 Å². The van der Waals surface area contributed by atoms with Crippen molar-refractivity contribution in [1.29, 1.82) is 0 Å². The minimum Gasteiger partial charge on any atom is -0.492 e. The van der Waals surface area contributed by atoms with Crippen LogP contribution >= 0.6 is 0 Å². The fraction of sp³-hybridized carbons (Fsp3) is 0.455. The van der Waals surface area contributed by atoms with E-state index >= 15 is 0 Å². The van der Waals surface area contributed by atoms with Crippen LogP contribution in [0.5, 0.6) is 5.75 Å². The van der Waals surface area contributed by atoms with Crippen molar-refractivity contribution in [2.45, 2.75) is 56.3 Å². The van der Waals surface area contributed by atoms with Gasteiger partial charge < -0.3 is 24.5 Å². The van der Waals surface area contributed by atoms with Crippen LogP contribution in [0.4, 0.5) is 0 Å². The van der Waals surface area contributed by atoms with Gasteiger partial charge >= 0.3 is 0 Å². The summed E-state index contributed by atoms with van der Waals surface area (Å²) in [6.45, 7) is 5.19. The standard InChI is InChI=1S/C33H37N5O5/c1-34-31(40)29(6-3-13-39)37-18-27-26(32(37)41)7-8-28-30(27)43-21-33(28)9-11-36(12-10-33)16-22-4-2-5-23(14-22)24-15-35-38(17-24)25-19-42-20-25/h2,4-5,7-8,13-15,17,25,29H,3,6,9-12,16,18-21H2,1H3,(H,34,40). The van der Waals surface area contributed by atoms with E-state index in [4.69, 9.17) is 9.47 Å². The van der Waals surface area contributed by atoms with Crippen LogP contribution in [0.1, 0.15) is 58.8 Å². The van der Waals surface area contributed by atoms with Gasteiger partial charge in [0.1, 0.15) is 18.1 Å². The molecule has 0 bridgehead atoms. The first-order chi connectivity index (χ1) is 21.0. The van der Waals surface area contributed by atoms with Crippen LogP contribution in [0.2, 0.25) is 0 Å². The van der Waals surface area contributed by atoms with Gasteiger partial charge in [0.05, 0.1) is 38.6 Å². The number of nitrogens with zero attached hydrogens (tertiary/aromatic N) is 4. The molecule has 1 N–H and O–H groups in total. The molecule has 224 valence electrons. The van der Waals surface area contributed by atoms with Crippen LogP contribution < -0.4 is 10.1 Å². The highest BCUT2D eigenvalue weighted by Crippen LogP contribution is 2.49. The topological polar surface area (TPSA) is 106 Å². The zero-order valence-corrected chi connectivity index (χ0v) is 24.5. The van der Waals surface area contributed by atoms with Crippen molar-refractivity contribution in [1.82, 2.24) is 24.9 Å². The Bertz CT molecular complexity index is 1550. The quantitative estimate of drug-likeness (QED) is 0.386. The molecule has 3 aromatic rings. The summed E-state index contributed by atoms with van der Waals surface area (Å²) >= 11 is 0. The summed E-state index contributed by atoms with van der Waals surface area (Å²) < 4.78 is 13.7. The summed E-state index contributed by atoms with van der Waals surface area (Å²) in [5.41, 5.74) is 6.16. The molecule has 2 amide bonds. The highest BCUT2D eigenvalue weighted by atomic mass is 16.5. The molecule has 0 saturated carbocycles. The molecule has 2 saturated heterocycles. The number of hydrogen-bond donors (Lipinski definition) is 1. The van der Waals surface area contributed by atoms with Gasteiger partial charge in [0.25, 0.3) is 5.91 Å². The number of piperidine rings is 1. The number of likely N-dealkylation sites (N-methyl/N-ethyl adjacent to an activating group) is 1. The van der Waals surface area contributed by atoms with Gasteiger partial charge in [-0.2, -0.15) is 5.10 Å². The van der Waals surface area contributed by atoms with Gasteiger partial charge in [-0.25, -0.2) is 0 Å². The van der Waals surface area contributed by atoms with Crippen molar-refractivity contribution in [3.8, 4) is 16.9 Å². The van der Waals surface area contributed by atoms with Gasteiger partial charge in [-0.05, 0) is 55.6 Å². The summed E-state index contributed by atoms with van der Waals surface area (Å²) in [5, 5.41) is 7.19. The van der Waals surface area contributed by atoms with Crippen LogP contribution in [0.15, 0.2) is 48.8 Å². The van der Waals surface area contributed by atoms with Gasteiger partial charge in [0.15, 0.2) is 0 Å². The molecular formula is C33H37N5O5.